The number of hydrogen-bond acceptors (Lipinski definition) is 7. The smallest absolute Gasteiger partial charge is 0.255 e. The molecule has 0 aliphatic carbocycles. The van der Waals surface area contributed by atoms with Gasteiger partial charge in [0, 0.05) is 22.2 Å². The lowest BCUT2D eigenvalue weighted by Crippen LogP contribution is -2.31. The zero-order valence-corrected chi connectivity index (χ0v) is 27.9. The van der Waals surface area contributed by atoms with Crippen LogP contribution in [0.1, 0.15) is 49.1 Å². The molecule has 1 atom stereocenters. The number of ether oxygens (including phenoxy) is 2. The van der Waals surface area contributed by atoms with Crippen molar-refractivity contribution in [2.24, 2.45) is 0 Å². The van der Waals surface area contributed by atoms with Crippen molar-refractivity contribution in [1.29, 1.82) is 0 Å². The zero-order chi connectivity index (χ0) is 30.8. The van der Waals surface area contributed by atoms with E-state index in [9.17, 15) is 4.79 Å². The summed E-state index contributed by atoms with van der Waals surface area (Å²) in [6.45, 7) is 9.79. The summed E-state index contributed by atoms with van der Waals surface area (Å²) in [5.74, 6) is 2.02. The highest BCUT2D eigenvalue weighted by atomic mass is 79.9. The van der Waals surface area contributed by atoms with Crippen LogP contribution in [0.4, 0.5) is 11.6 Å². The number of fused-ring (bicyclic) bond motifs is 1. The molecule has 224 valence electrons. The predicted molar refractivity (Wildman–Crippen MR) is 177 cm³/mol. The Hall–Kier alpha value is -3.47. The minimum absolute atomic E-state index is 0.0595. The minimum atomic E-state index is -0.609. The number of hydrogen-bond donors (Lipinski definition) is 2. The molecular formula is C32H33BrClN5O3S. The Morgan fingerprint density at radius 2 is 1.93 bits per heavy atom. The summed E-state index contributed by atoms with van der Waals surface area (Å²) in [5, 5.41) is 12.6. The molecule has 5 rings (SSSR count). The normalized spacial score (nSPS) is 14.4. The minimum Gasteiger partial charge on any atom is -0.493 e. The molecule has 1 aliphatic rings. The first-order valence-corrected chi connectivity index (χ1v) is 15.9. The van der Waals surface area contributed by atoms with E-state index in [1.165, 1.54) is 11.8 Å². The van der Waals surface area contributed by atoms with E-state index in [4.69, 9.17) is 31.2 Å². The molecule has 0 fully saturated rings. The van der Waals surface area contributed by atoms with Gasteiger partial charge in [0.25, 0.3) is 5.91 Å². The number of thioether (sulfide) groups is 1. The summed E-state index contributed by atoms with van der Waals surface area (Å²) in [5.41, 5.74) is 5.79. The van der Waals surface area contributed by atoms with Gasteiger partial charge in [0.2, 0.25) is 11.1 Å². The number of benzene rings is 3. The van der Waals surface area contributed by atoms with Gasteiger partial charge in [-0.3, -0.25) is 4.79 Å². The highest BCUT2D eigenvalue weighted by Gasteiger charge is 2.35. The van der Waals surface area contributed by atoms with Gasteiger partial charge in [-0.25, -0.2) is 4.68 Å². The lowest BCUT2D eigenvalue weighted by atomic mass is 9.94. The highest BCUT2D eigenvalue weighted by molar-refractivity contribution is 9.10. The molecule has 2 N–H and O–H groups in total. The Labute approximate surface area is 269 Å². The standard InChI is InChI=1S/C32H33BrClN5O3S/c1-17(2)42-29-23(33)14-22(15-26(29)41-6)28-27(30(40)36-25-12-11-18(3)13-19(25)4)20(5)35-31-37-32(38-39(28)31)43-16-21-9-7-8-10-24(21)34/h7-15,17,28H,16H2,1-6H3,(H,36,40)(H,35,37,38). The number of carbonyl (C=O) groups is 1. The number of halogens is 2. The largest absolute Gasteiger partial charge is 0.493 e. The van der Waals surface area contributed by atoms with Gasteiger partial charge in [-0.05, 0) is 91.5 Å². The van der Waals surface area contributed by atoms with Crippen molar-refractivity contribution in [3.63, 3.8) is 0 Å². The van der Waals surface area contributed by atoms with E-state index in [1.54, 1.807) is 11.8 Å². The van der Waals surface area contributed by atoms with Gasteiger partial charge in [-0.2, -0.15) is 4.98 Å². The fourth-order valence-electron chi connectivity index (χ4n) is 4.94. The van der Waals surface area contributed by atoms with Crippen LogP contribution in [0.5, 0.6) is 11.5 Å². The molecule has 0 saturated heterocycles. The van der Waals surface area contributed by atoms with E-state index in [1.807, 2.05) is 89.2 Å². The number of methoxy groups -OCH3 is 1. The Morgan fingerprint density at radius 3 is 2.63 bits per heavy atom. The highest BCUT2D eigenvalue weighted by Crippen LogP contribution is 2.44. The second-order valence-corrected chi connectivity index (χ2v) is 12.8. The molecular weight excluding hydrogens is 650 g/mol. The van der Waals surface area contributed by atoms with Gasteiger partial charge in [-0.1, -0.05) is 59.3 Å². The molecule has 0 spiro atoms. The number of anilines is 2. The molecule has 1 unspecified atom stereocenters. The van der Waals surface area contributed by atoms with Crippen molar-refractivity contribution in [1.82, 2.24) is 14.8 Å². The maximum absolute atomic E-state index is 14.1. The summed E-state index contributed by atoms with van der Waals surface area (Å²) < 4.78 is 14.2. The second-order valence-electron chi connectivity index (χ2n) is 10.6. The zero-order valence-electron chi connectivity index (χ0n) is 24.8. The molecule has 2 heterocycles. The van der Waals surface area contributed by atoms with Crippen molar-refractivity contribution in [3.8, 4) is 11.5 Å². The van der Waals surface area contributed by atoms with Crippen molar-refractivity contribution in [2.45, 2.75) is 57.7 Å². The average Bonchev–Trinajstić information content (AvgIpc) is 3.36. The Bertz CT molecular complexity index is 1720. The molecule has 1 aliphatic heterocycles. The van der Waals surface area contributed by atoms with Crippen LogP contribution in [0.3, 0.4) is 0 Å². The third kappa shape index (κ3) is 6.71. The van der Waals surface area contributed by atoms with E-state index in [0.717, 1.165) is 27.9 Å². The fraction of sp³-hybridized carbons (Fsp3) is 0.281. The number of nitrogens with zero attached hydrogens (tertiary/aromatic N) is 3. The molecule has 0 saturated carbocycles. The Morgan fingerprint density at radius 1 is 1.16 bits per heavy atom. The number of amides is 1. The summed E-state index contributed by atoms with van der Waals surface area (Å²) in [4.78, 5) is 18.8. The van der Waals surface area contributed by atoms with Gasteiger partial charge in [0.15, 0.2) is 11.5 Å². The van der Waals surface area contributed by atoms with Crippen LogP contribution in [0, 0.1) is 13.8 Å². The molecule has 0 bridgehead atoms. The number of rotatable bonds is 9. The van der Waals surface area contributed by atoms with Crippen molar-refractivity contribution in [2.75, 3.05) is 17.7 Å². The Kier molecular flexibility index (Phi) is 9.39. The SMILES string of the molecule is COc1cc(C2C(C(=O)Nc3ccc(C)cc3C)=C(C)Nc3nc(SCc4ccccc4Cl)nn32)cc(Br)c1OC(C)C. The van der Waals surface area contributed by atoms with E-state index < -0.39 is 6.04 Å². The molecule has 3 aromatic carbocycles. The first-order chi connectivity index (χ1) is 20.5. The number of carbonyl (C=O) groups excluding carboxylic acids is 1. The van der Waals surface area contributed by atoms with Crippen LogP contribution in [-0.2, 0) is 10.5 Å². The molecule has 43 heavy (non-hydrogen) atoms. The average molecular weight is 683 g/mol. The van der Waals surface area contributed by atoms with Gasteiger partial charge < -0.3 is 20.1 Å². The van der Waals surface area contributed by atoms with Crippen LogP contribution in [0.2, 0.25) is 5.02 Å². The first-order valence-electron chi connectivity index (χ1n) is 13.8. The van der Waals surface area contributed by atoms with Crippen molar-refractivity contribution in [3.05, 3.63) is 97.6 Å². The van der Waals surface area contributed by atoms with Crippen molar-refractivity contribution < 1.29 is 14.3 Å². The quantitative estimate of drug-likeness (QED) is 0.172. The molecule has 11 heteroatoms. The molecule has 1 aromatic heterocycles. The van der Waals surface area contributed by atoms with E-state index in [-0.39, 0.29) is 12.0 Å². The molecule has 4 aromatic rings. The summed E-state index contributed by atoms with van der Waals surface area (Å²) in [6, 6.07) is 16.9. The molecule has 8 nitrogen and oxygen atoms in total. The van der Waals surface area contributed by atoms with Gasteiger partial charge in [0.05, 0.1) is 23.3 Å². The van der Waals surface area contributed by atoms with Crippen LogP contribution in [0.15, 0.2) is 75.5 Å². The third-order valence-corrected chi connectivity index (χ3v) is 8.79. The van der Waals surface area contributed by atoms with Gasteiger partial charge in [0.1, 0.15) is 6.04 Å². The fourth-order valence-corrected chi connectivity index (χ4v) is 6.61. The number of aryl methyl sites for hydroxylation is 2. The molecule has 1 amide bonds. The Balaban J connectivity index is 1.58. The second kappa shape index (κ2) is 13.0. The lowest BCUT2D eigenvalue weighted by Gasteiger charge is -2.29. The number of aromatic nitrogens is 3. The topological polar surface area (TPSA) is 90.3 Å². The van der Waals surface area contributed by atoms with Crippen LogP contribution < -0.4 is 20.1 Å². The first kappa shape index (κ1) is 31.0. The molecule has 0 radical (unpaired) electrons. The van der Waals surface area contributed by atoms with Crippen LogP contribution >= 0.6 is 39.3 Å². The van der Waals surface area contributed by atoms with Crippen molar-refractivity contribution >= 4 is 56.8 Å². The maximum atomic E-state index is 14.1. The third-order valence-electron chi connectivity index (χ3n) is 6.94. The van der Waals surface area contributed by atoms with Gasteiger partial charge >= 0.3 is 0 Å². The van der Waals surface area contributed by atoms with Crippen LogP contribution in [0.25, 0.3) is 0 Å². The van der Waals surface area contributed by atoms with E-state index >= 15 is 0 Å². The number of allylic oxidation sites excluding steroid dienone is 1. The van der Waals surface area contributed by atoms with E-state index in [2.05, 4.69) is 26.6 Å². The summed E-state index contributed by atoms with van der Waals surface area (Å²) in [6.07, 6.45) is -0.0595. The van der Waals surface area contributed by atoms with Crippen LogP contribution in [-0.4, -0.2) is 33.9 Å². The van der Waals surface area contributed by atoms with E-state index in [0.29, 0.717) is 49.1 Å². The predicted octanol–water partition coefficient (Wildman–Crippen LogP) is 8.33. The lowest BCUT2D eigenvalue weighted by molar-refractivity contribution is -0.113. The number of nitrogens with one attached hydrogen (secondary N) is 2. The van der Waals surface area contributed by atoms with Gasteiger partial charge in [-0.15, -0.1) is 5.10 Å². The summed E-state index contributed by atoms with van der Waals surface area (Å²) in [7, 11) is 1.60. The maximum Gasteiger partial charge on any atom is 0.255 e. The summed E-state index contributed by atoms with van der Waals surface area (Å²) >= 11 is 11.5. The monoisotopic (exact) mass is 681 g/mol.